The molecule has 1 aromatic carbocycles. The van der Waals surface area contributed by atoms with Crippen molar-refractivity contribution in [3.63, 3.8) is 0 Å². The zero-order chi connectivity index (χ0) is 22.1. The SMILES string of the molecule is CC1CCN(c2nc3c(c(=O)[nH]2)C(C(=O)Nc2ccc(C(C)C)cc2)CC(=O)N3)CC1. The first kappa shape index (κ1) is 21.1. The first-order valence-corrected chi connectivity index (χ1v) is 10.9. The van der Waals surface area contributed by atoms with Gasteiger partial charge in [-0.05, 0) is 42.4 Å². The summed E-state index contributed by atoms with van der Waals surface area (Å²) in [6.07, 6.45) is 1.95. The van der Waals surface area contributed by atoms with Crippen LogP contribution in [0.4, 0.5) is 17.5 Å². The van der Waals surface area contributed by atoms with Crippen molar-refractivity contribution < 1.29 is 9.59 Å². The van der Waals surface area contributed by atoms with Gasteiger partial charge in [0, 0.05) is 25.2 Å². The van der Waals surface area contributed by atoms with Crippen LogP contribution in [0.25, 0.3) is 0 Å². The highest BCUT2D eigenvalue weighted by atomic mass is 16.2. The van der Waals surface area contributed by atoms with E-state index < -0.39 is 5.92 Å². The van der Waals surface area contributed by atoms with Gasteiger partial charge < -0.3 is 15.5 Å². The normalized spacial score (nSPS) is 19.2. The summed E-state index contributed by atoms with van der Waals surface area (Å²) in [6, 6.07) is 7.59. The molecule has 1 saturated heterocycles. The van der Waals surface area contributed by atoms with Crippen molar-refractivity contribution >= 4 is 29.3 Å². The fourth-order valence-electron chi connectivity index (χ4n) is 4.13. The van der Waals surface area contributed by atoms with E-state index in [0.717, 1.165) is 25.9 Å². The number of rotatable bonds is 4. The Morgan fingerprint density at radius 3 is 2.48 bits per heavy atom. The van der Waals surface area contributed by atoms with Crippen molar-refractivity contribution in [3.8, 4) is 0 Å². The number of aromatic nitrogens is 2. The number of carbonyl (C=O) groups is 2. The van der Waals surface area contributed by atoms with Crippen LogP contribution in [-0.4, -0.2) is 34.9 Å². The molecule has 164 valence electrons. The highest BCUT2D eigenvalue weighted by Gasteiger charge is 2.35. The van der Waals surface area contributed by atoms with Gasteiger partial charge in [0.25, 0.3) is 5.56 Å². The van der Waals surface area contributed by atoms with Gasteiger partial charge in [-0.1, -0.05) is 32.9 Å². The number of hydrogen-bond acceptors (Lipinski definition) is 5. The maximum atomic E-state index is 13.0. The number of aromatic amines is 1. The Morgan fingerprint density at radius 2 is 1.84 bits per heavy atom. The van der Waals surface area contributed by atoms with Gasteiger partial charge in [0.15, 0.2) is 0 Å². The molecule has 3 heterocycles. The van der Waals surface area contributed by atoms with E-state index in [9.17, 15) is 14.4 Å². The molecule has 2 aromatic rings. The maximum Gasteiger partial charge on any atom is 0.258 e. The van der Waals surface area contributed by atoms with Gasteiger partial charge in [0.1, 0.15) is 5.82 Å². The Morgan fingerprint density at radius 1 is 1.16 bits per heavy atom. The molecule has 1 unspecified atom stereocenters. The molecule has 0 saturated carbocycles. The molecular formula is C23H29N5O3. The summed E-state index contributed by atoms with van der Waals surface area (Å²) in [7, 11) is 0. The summed E-state index contributed by atoms with van der Waals surface area (Å²) in [4.78, 5) is 47.6. The molecule has 2 aliphatic heterocycles. The molecule has 31 heavy (non-hydrogen) atoms. The fourth-order valence-corrected chi connectivity index (χ4v) is 4.13. The lowest BCUT2D eigenvalue weighted by Crippen LogP contribution is -2.39. The molecule has 3 N–H and O–H groups in total. The van der Waals surface area contributed by atoms with Crippen LogP contribution in [0.2, 0.25) is 0 Å². The number of benzene rings is 1. The van der Waals surface area contributed by atoms with Crippen molar-refractivity contribution in [2.45, 2.75) is 51.9 Å². The summed E-state index contributed by atoms with van der Waals surface area (Å²) in [5.74, 6) is 0.0633. The lowest BCUT2D eigenvalue weighted by Gasteiger charge is -2.31. The number of carbonyl (C=O) groups excluding carboxylic acids is 2. The van der Waals surface area contributed by atoms with Crippen molar-refractivity contribution in [2.24, 2.45) is 5.92 Å². The van der Waals surface area contributed by atoms with E-state index in [-0.39, 0.29) is 35.2 Å². The van der Waals surface area contributed by atoms with E-state index in [1.165, 1.54) is 5.56 Å². The Balaban J connectivity index is 1.58. The van der Waals surface area contributed by atoms with Crippen LogP contribution in [0.3, 0.4) is 0 Å². The number of nitrogens with zero attached hydrogens (tertiary/aromatic N) is 2. The largest absolute Gasteiger partial charge is 0.342 e. The number of piperidine rings is 1. The van der Waals surface area contributed by atoms with Crippen molar-refractivity contribution in [1.29, 1.82) is 0 Å². The lowest BCUT2D eigenvalue weighted by molar-refractivity contribution is -0.123. The van der Waals surface area contributed by atoms with E-state index in [0.29, 0.717) is 23.5 Å². The van der Waals surface area contributed by atoms with Crippen molar-refractivity contribution in [1.82, 2.24) is 9.97 Å². The van der Waals surface area contributed by atoms with E-state index in [1.807, 2.05) is 29.2 Å². The first-order valence-electron chi connectivity index (χ1n) is 10.9. The van der Waals surface area contributed by atoms with Gasteiger partial charge in [-0.15, -0.1) is 0 Å². The monoisotopic (exact) mass is 423 g/mol. The quantitative estimate of drug-likeness (QED) is 0.700. The third-order valence-electron chi connectivity index (χ3n) is 6.18. The zero-order valence-corrected chi connectivity index (χ0v) is 18.2. The molecule has 1 atom stereocenters. The minimum Gasteiger partial charge on any atom is -0.342 e. The Labute approximate surface area is 181 Å². The average molecular weight is 424 g/mol. The second-order valence-electron chi connectivity index (χ2n) is 8.89. The predicted octanol–water partition coefficient (Wildman–Crippen LogP) is 3.19. The van der Waals surface area contributed by atoms with Gasteiger partial charge in [0.2, 0.25) is 17.8 Å². The number of hydrogen-bond donors (Lipinski definition) is 3. The van der Waals surface area contributed by atoms with Crippen LogP contribution < -0.4 is 21.1 Å². The predicted molar refractivity (Wildman–Crippen MR) is 121 cm³/mol. The molecule has 0 bridgehead atoms. The van der Waals surface area contributed by atoms with Gasteiger partial charge in [0.05, 0.1) is 11.5 Å². The number of fused-ring (bicyclic) bond motifs is 1. The van der Waals surface area contributed by atoms with Crippen LogP contribution in [0, 0.1) is 5.92 Å². The molecule has 1 aromatic heterocycles. The summed E-state index contributed by atoms with van der Waals surface area (Å²) in [5.41, 5.74) is 1.63. The van der Waals surface area contributed by atoms with Gasteiger partial charge >= 0.3 is 0 Å². The third kappa shape index (κ3) is 4.47. The summed E-state index contributed by atoms with van der Waals surface area (Å²) < 4.78 is 0. The number of nitrogens with one attached hydrogen (secondary N) is 3. The van der Waals surface area contributed by atoms with Crippen LogP contribution in [0.1, 0.15) is 63.0 Å². The number of amides is 2. The van der Waals surface area contributed by atoms with Crippen LogP contribution in [-0.2, 0) is 9.59 Å². The van der Waals surface area contributed by atoms with Gasteiger partial charge in [-0.2, -0.15) is 4.98 Å². The standard InChI is InChI=1S/C23H29N5O3/c1-13(2)15-4-6-16(7-5-15)24-21(30)17-12-18(29)25-20-19(17)22(31)27-23(26-20)28-10-8-14(3)9-11-28/h4-7,13-14,17H,8-12H2,1-3H3,(H,24,30)(H2,25,26,27,29,31). The number of anilines is 3. The smallest absolute Gasteiger partial charge is 0.258 e. The van der Waals surface area contributed by atoms with Crippen molar-refractivity contribution in [2.75, 3.05) is 28.6 Å². The fraction of sp³-hybridized carbons (Fsp3) is 0.478. The second kappa shape index (κ2) is 8.53. The van der Waals surface area contributed by atoms with Gasteiger partial charge in [-0.25, -0.2) is 0 Å². The van der Waals surface area contributed by atoms with Crippen molar-refractivity contribution in [3.05, 3.63) is 45.7 Å². The van der Waals surface area contributed by atoms with E-state index in [1.54, 1.807) is 0 Å². The Bertz CT molecular complexity index is 1040. The molecule has 4 rings (SSSR count). The minimum absolute atomic E-state index is 0.0890. The van der Waals surface area contributed by atoms with Crippen LogP contribution in [0.15, 0.2) is 29.1 Å². The average Bonchev–Trinajstić information content (AvgIpc) is 2.73. The summed E-state index contributed by atoms with van der Waals surface area (Å²) >= 11 is 0. The molecular weight excluding hydrogens is 394 g/mol. The maximum absolute atomic E-state index is 13.0. The molecule has 0 aliphatic carbocycles. The Hall–Kier alpha value is -3.16. The topological polar surface area (TPSA) is 107 Å². The molecule has 2 aliphatic rings. The molecule has 2 amide bonds. The highest BCUT2D eigenvalue weighted by molar-refractivity contribution is 6.04. The van der Waals surface area contributed by atoms with E-state index in [2.05, 4.69) is 41.4 Å². The third-order valence-corrected chi connectivity index (χ3v) is 6.18. The summed E-state index contributed by atoms with van der Waals surface area (Å²) in [5, 5.41) is 5.52. The minimum atomic E-state index is -0.889. The zero-order valence-electron chi connectivity index (χ0n) is 18.2. The molecule has 8 nitrogen and oxygen atoms in total. The number of H-pyrrole nitrogens is 1. The lowest BCUT2D eigenvalue weighted by atomic mass is 9.92. The Kier molecular flexibility index (Phi) is 5.80. The molecule has 0 radical (unpaired) electrons. The molecule has 1 fully saturated rings. The first-order chi connectivity index (χ1) is 14.8. The highest BCUT2D eigenvalue weighted by Crippen LogP contribution is 2.31. The van der Waals surface area contributed by atoms with Gasteiger partial charge in [-0.3, -0.25) is 19.4 Å². The van der Waals surface area contributed by atoms with E-state index >= 15 is 0 Å². The van der Waals surface area contributed by atoms with E-state index in [4.69, 9.17) is 0 Å². The van der Waals surface area contributed by atoms with Crippen LogP contribution in [0.5, 0.6) is 0 Å². The summed E-state index contributed by atoms with van der Waals surface area (Å²) in [6.45, 7) is 8.01. The second-order valence-corrected chi connectivity index (χ2v) is 8.89. The molecule has 0 spiro atoms. The molecule has 8 heteroatoms. The van der Waals surface area contributed by atoms with Crippen LogP contribution >= 0.6 is 0 Å².